The first-order chi connectivity index (χ1) is 56.5. The molecule has 0 spiro atoms. The van der Waals surface area contributed by atoms with Gasteiger partial charge in [-0.1, -0.05) is 303 Å². The molecule has 0 saturated heterocycles. The van der Waals surface area contributed by atoms with Crippen LogP contribution in [0.4, 0.5) is 0 Å². The molecule has 0 saturated carbocycles. The van der Waals surface area contributed by atoms with Crippen LogP contribution in [0.2, 0.25) is 0 Å². The average molecular weight is 1570 g/mol. The van der Waals surface area contributed by atoms with Gasteiger partial charge in [0.25, 0.3) is 0 Å². The summed E-state index contributed by atoms with van der Waals surface area (Å²) in [5.74, 6) is 1.30. The van der Waals surface area contributed by atoms with Crippen LogP contribution in [0.15, 0.2) is 328 Å². The number of H-pyrrole nitrogens is 2. The normalized spacial score (nSPS) is 12.2. The molecule has 10 aromatic carbocycles. The van der Waals surface area contributed by atoms with Crippen LogP contribution in [0.25, 0.3) is 214 Å². The topological polar surface area (TPSA) is 165 Å². The molecule has 12 nitrogen and oxygen atoms in total. The number of nitrogens with zero attached hydrogens (tertiary/aromatic N) is 10. The maximum atomic E-state index is 5.81. The summed E-state index contributed by atoms with van der Waals surface area (Å²) in [5.41, 5.74) is 34.1. The fourth-order valence-corrected chi connectivity index (χ4v) is 16.5. The SMILES string of the molecule is C1=Cc2nc1c(-c1ccccc1)c1ccc([n-]1)c(-c1ccccc1)c1nc(c(-c3ccccc3)c3ccc([n-]3)c2-c2ccccc2)C(c2nc3cc(-c4ccc5nc(C6=Cc7nc6c(-c6ccccc6)c6ccc([n-]6)c(-c6ccccc6)c6nc(c(-c8ccccc8)c8ccc([n-]8)c7-c7ccccc7)C=C6)[nH]c5c4)ccc3[nH]2)=C1.[Ni+2].[Ni+2]. The molecule has 22 rings (SSSR count). The monoisotopic (exact) mass is 1570 g/mol. The summed E-state index contributed by atoms with van der Waals surface area (Å²) in [6, 6.07) is 113. The van der Waals surface area contributed by atoms with Gasteiger partial charge in [0.05, 0.1) is 67.6 Å². The van der Waals surface area contributed by atoms with Gasteiger partial charge in [-0.3, -0.25) is 0 Å². The molecule has 0 unspecified atom stereocenters. The smallest absolute Gasteiger partial charge is 0.657 e. The summed E-state index contributed by atoms with van der Waals surface area (Å²) < 4.78 is 0. The molecular weight excluding hydrogens is 1510 g/mol. The molecule has 0 fully saturated rings. The average Bonchev–Trinajstić information content (AvgIpc) is 1.60. The van der Waals surface area contributed by atoms with Gasteiger partial charge in [0.2, 0.25) is 0 Å². The first-order valence-corrected chi connectivity index (χ1v) is 38.1. The van der Waals surface area contributed by atoms with Crippen LogP contribution in [0.5, 0.6) is 0 Å². The second-order valence-corrected chi connectivity index (χ2v) is 28.7. The Morgan fingerprint density at radius 2 is 0.457 bits per heavy atom. The van der Waals surface area contributed by atoms with Crippen molar-refractivity contribution in [2.75, 3.05) is 0 Å². The minimum atomic E-state index is 0. The van der Waals surface area contributed by atoms with Gasteiger partial charge < -0.3 is 29.9 Å². The fourth-order valence-electron chi connectivity index (χ4n) is 16.5. The Morgan fingerprint density at radius 3 is 0.776 bits per heavy atom. The summed E-state index contributed by atoms with van der Waals surface area (Å²) in [7, 11) is 0. The molecule has 14 heteroatoms. The Balaban J connectivity index is 0.00000434. The Morgan fingerprint density at radius 1 is 0.198 bits per heavy atom. The fraction of sp³-hybridized carbons (Fsp3) is 0. The summed E-state index contributed by atoms with van der Waals surface area (Å²) in [6.07, 6.45) is 12.8. The Kier molecular flexibility index (Phi) is 17.9. The van der Waals surface area contributed by atoms with E-state index >= 15 is 0 Å². The quantitative estimate of drug-likeness (QED) is 0.119. The third kappa shape index (κ3) is 12.5. The van der Waals surface area contributed by atoms with E-state index in [9.17, 15) is 0 Å². The van der Waals surface area contributed by atoms with Crippen molar-refractivity contribution in [3.05, 3.63) is 385 Å². The Hall–Kier alpha value is -14.7. The minimum Gasteiger partial charge on any atom is -0.657 e. The number of fused-ring (bicyclic) bond motifs is 18. The van der Waals surface area contributed by atoms with Gasteiger partial charge in [-0.2, -0.15) is 0 Å². The first-order valence-electron chi connectivity index (χ1n) is 38.1. The van der Waals surface area contributed by atoms with Gasteiger partial charge in [-0.05, 0) is 161 Å². The molecule has 8 aromatic heterocycles. The number of hydrogen-bond acceptors (Lipinski definition) is 6. The molecular formula is C102H62N12Ni2. The van der Waals surface area contributed by atoms with E-state index in [0.29, 0.717) is 23.0 Å². The molecule has 0 atom stereocenters. The van der Waals surface area contributed by atoms with E-state index in [1.165, 1.54) is 0 Å². The largest absolute Gasteiger partial charge is 2.00 e. The zero-order valence-corrected chi connectivity index (χ0v) is 63.7. The number of benzene rings is 10. The number of aromatic amines is 2. The molecule has 16 bridgehead atoms. The van der Waals surface area contributed by atoms with Crippen molar-refractivity contribution in [3.8, 4) is 100 Å². The molecule has 4 aliphatic heterocycles. The second kappa shape index (κ2) is 29.5. The minimum absolute atomic E-state index is 0. The van der Waals surface area contributed by atoms with E-state index in [0.717, 1.165) is 212 Å². The van der Waals surface area contributed by atoms with Gasteiger partial charge in [0, 0.05) is 11.1 Å². The number of imidazole rings is 2. The van der Waals surface area contributed by atoms with Crippen LogP contribution in [-0.2, 0) is 33.0 Å². The van der Waals surface area contributed by atoms with Crippen molar-refractivity contribution in [2.24, 2.45) is 0 Å². The Labute approximate surface area is 686 Å². The second-order valence-electron chi connectivity index (χ2n) is 28.7. The van der Waals surface area contributed by atoms with Crippen LogP contribution in [-0.4, -0.2) is 39.9 Å². The van der Waals surface area contributed by atoms with E-state index in [2.05, 4.69) is 325 Å². The molecule has 0 aliphatic carbocycles. The van der Waals surface area contributed by atoms with E-state index in [-0.39, 0.29) is 33.0 Å². The molecule has 12 heterocycles. The number of aromatic nitrogens is 12. The maximum Gasteiger partial charge on any atom is 2.00 e. The van der Waals surface area contributed by atoms with E-state index < -0.39 is 0 Å². The van der Waals surface area contributed by atoms with Gasteiger partial charge in [0.15, 0.2) is 0 Å². The number of hydrogen-bond donors (Lipinski definition) is 2. The van der Waals surface area contributed by atoms with E-state index in [1.54, 1.807) is 0 Å². The molecule has 18 aromatic rings. The third-order valence-corrected chi connectivity index (χ3v) is 21.7. The third-order valence-electron chi connectivity index (χ3n) is 21.7. The molecule has 0 amide bonds. The van der Waals surface area contributed by atoms with E-state index in [1.807, 2.05) is 48.5 Å². The first kappa shape index (κ1) is 70.4. The van der Waals surface area contributed by atoms with Crippen LogP contribution in [0.3, 0.4) is 0 Å². The van der Waals surface area contributed by atoms with E-state index in [4.69, 9.17) is 49.8 Å². The molecule has 2 N–H and O–H groups in total. The van der Waals surface area contributed by atoms with Crippen LogP contribution >= 0.6 is 0 Å². The van der Waals surface area contributed by atoms with Gasteiger partial charge in [0.1, 0.15) is 11.6 Å². The van der Waals surface area contributed by atoms with Crippen molar-refractivity contribution in [3.63, 3.8) is 0 Å². The predicted octanol–water partition coefficient (Wildman–Crippen LogP) is 23.7. The van der Waals surface area contributed by atoms with Crippen molar-refractivity contribution in [1.82, 2.24) is 59.8 Å². The summed E-state index contributed by atoms with van der Waals surface area (Å²) >= 11 is 0. The van der Waals surface area contributed by atoms with Crippen molar-refractivity contribution in [1.29, 1.82) is 0 Å². The number of nitrogens with one attached hydrogen (secondary N) is 2. The summed E-state index contributed by atoms with van der Waals surface area (Å²) in [4.78, 5) is 63.7. The van der Waals surface area contributed by atoms with Crippen LogP contribution in [0.1, 0.15) is 57.2 Å². The molecule has 116 heavy (non-hydrogen) atoms. The maximum absolute atomic E-state index is 5.81. The summed E-state index contributed by atoms with van der Waals surface area (Å²) in [5, 5.41) is 0. The van der Waals surface area contributed by atoms with Crippen molar-refractivity contribution in [2.45, 2.75) is 0 Å². The van der Waals surface area contributed by atoms with Crippen LogP contribution in [0, 0.1) is 0 Å². The zero-order valence-electron chi connectivity index (χ0n) is 61.7. The van der Waals surface area contributed by atoms with Crippen molar-refractivity contribution < 1.29 is 33.0 Å². The molecule has 550 valence electrons. The predicted molar refractivity (Wildman–Crippen MR) is 464 cm³/mol. The standard InChI is InChI=1S/C102H62N12.2Ni/c1-9-25-61(26-10-1)91-75-45-47-77(103-75)93(63-29-13-3-14-30-63)81-53-55-85(107-81)97(67-37-21-7-22-38-67)99-71(59-89(109-99)95(65-33-17-5-18-34-65)83-51-49-79(91)105-83)101-111-73-43-41-69(57-87(73)113-101)70-42-44-74-88(58-70)114-102(112-74)72-60-90-96(66-35-19-6-20-36-66)84-52-50-80(106-84)92(62-27-11-2-12-28-62)76-46-48-78(104-76)94(64-31-15-4-16-32-64)82-54-56-86(108-82)98(100(72)110-90)68-39-23-8-24-40-68;;/h1-60H,(H,111,113)(H,112,114);;/q-4;2*+2. The van der Waals surface area contributed by atoms with Crippen LogP contribution < -0.4 is 19.9 Å². The van der Waals surface area contributed by atoms with Crippen molar-refractivity contribution >= 4 is 114 Å². The summed E-state index contributed by atoms with van der Waals surface area (Å²) in [6.45, 7) is 0. The van der Waals surface area contributed by atoms with Gasteiger partial charge in [-0.25, -0.2) is 29.9 Å². The van der Waals surface area contributed by atoms with Gasteiger partial charge in [-0.15, -0.1) is 44.1 Å². The molecule has 4 aliphatic rings. The molecule has 0 radical (unpaired) electrons. The van der Waals surface area contributed by atoms with Gasteiger partial charge >= 0.3 is 33.0 Å². The Bertz CT molecular complexity index is 6980. The number of rotatable bonds is 11. The zero-order chi connectivity index (χ0) is 75.2.